The molecule has 1 fully saturated rings. The van der Waals surface area contributed by atoms with E-state index in [1.807, 2.05) is 24.3 Å². The lowest BCUT2D eigenvalue weighted by atomic mass is 10.2. The van der Waals surface area contributed by atoms with Crippen molar-refractivity contribution in [1.82, 2.24) is 5.32 Å². The van der Waals surface area contributed by atoms with Gasteiger partial charge in [-0.2, -0.15) is 0 Å². The molecule has 0 spiro atoms. The van der Waals surface area contributed by atoms with Crippen molar-refractivity contribution in [3.8, 4) is 0 Å². The van der Waals surface area contributed by atoms with Gasteiger partial charge in [-0.25, -0.2) is 0 Å². The lowest BCUT2D eigenvalue weighted by Crippen LogP contribution is -2.15. The third-order valence-corrected chi connectivity index (χ3v) is 3.34. The molecule has 0 atom stereocenters. The molecular weight excluding hydrogens is 238 g/mol. The summed E-state index contributed by atoms with van der Waals surface area (Å²) >= 11 is 0. The van der Waals surface area contributed by atoms with E-state index in [1.54, 1.807) is 6.26 Å². The van der Waals surface area contributed by atoms with Gasteiger partial charge in [-0.05, 0) is 24.5 Å². The maximum Gasteiger partial charge on any atom is 0.133 e. The number of rotatable bonds is 7. The number of hydrogen-bond donors (Lipinski definition) is 1. The molecule has 3 rings (SSSR count). The van der Waals surface area contributed by atoms with Crippen molar-refractivity contribution in [2.45, 2.75) is 38.6 Å². The Morgan fingerprint density at radius 2 is 1.95 bits per heavy atom. The Bertz CT molecular complexity index is 502. The van der Waals surface area contributed by atoms with Gasteiger partial charge in [0.15, 0.2) is 0 Å². The van der Waals surface area contributed by atoms with E-state index in [-0.39, 0.29) is 0 Å². The fourth-order valence-electron chi connectivity index (χ4n) is 2.03. The highest BCUT2D eigenvalue weighted by atomic mass is 16.5. The van der Waals surface area contributed by atoms with Gasteiger partial charge in [-0.15, -0.1) is 0 Å². The number of benzene rings is 1. The molecule has 1 aliphatic carbocycles. The van der Waals surface area contributed by atoms with Crippen LogP contribution in [0.5, 0.6) is 0 Å². The summed E-state index contributed by atoms with van der Waals surface area (Å²) in [6.45, 7) is 2.03. The van der Waals surface area contributed by atoms with Crippen LogP contribution in [-0.2, 0) is 24.5 Å². The number of furan rings is 1. The standard InChI is InChI=1S/C16H19NO2/c1-2-4-13(5-3-1)11-18-12-16-14(8-9-19-16)10-17-15-6-7-15/h1-5,8-9,15,17H,6-7,10-12H2. The highest BCUT2D eigenvalue weighted by molar-refractivity contribution is 5.17. The van der Waals surface area contributed by atoms with Crippen molar-refractivity contribution in [3.05, 3.63) is 59.5 Å². The molecule has 1 aliphatic rings. The van der Waals surface area contributed by atoms with E-state index in [0.717, 1.165) is 12.3 Å². The summed E-state index contributed by atoms with van der Waals surface area (Å²) in [5, 5.41) is 3.49. The Morgan fingerprint density at radius 3 is 2.74 bits per heavy atom. The van der Waals surface area contributed by atoms with Crippen LogP contribution in [-0.4, -0.2) is 6.04 Å². The third-order valence-electron chi connectivity index (χ3n) is 3.34. The quantitative estimate of drug-likeness (QED) is 0.826. The first-order valence-corrected chi connectivity index (χ1v) is 6.82. The first-order valence-electron chi connectivity index (χ1n) is 6.82. The molecule has 1 aromatic heterocycles. The normalized spacial score (nSPS) is 14.7. The van der Waals surface area contributed by atoms with E-state index >= 15 is 0 Å². The van der Waals surface area contributed by atoms with Crippen LogP contribution in [0.15, 0.2) is 47.1 Å². The van der Waals surface area contributed by atoms with E-state index in [2.05, 4.69) is 17.4 Å². The zero-order valence-electron chi connectivity index (χ0n) is 11.0. The van der Waals surface area contributed by atoms with Crippen molar-refractivity contribution in [1.29, 1.82) is 0 Å². The van der Waals surface area contributed by atoms with Gasteiger partial charge < -0.3 is 14.5 Å². The average Bonchev–Trinajstić information content (AvgIpc) is 3.17. The number of ether oxygens (including phenoxy) is 1. The highest BCUT2D eigenvalue weighted by Gasteiger charge is 2.20. The average molecular weight is 257 g/mol. The van der Waals surface area contributed by atoms with Gasteiger partial charge in [0.05, 0.1) is 12.9 Å². The van der Waals surface area contributed by atoms with Crippen LogP contribution in [0.1, 0.15) is 29.7 Å². The first-order chi connectivity index (χ1) is 9.42. The SMILES string of the molecule is c1ccc(COCc2occc2CNC2CC2)cc1. The monoisotopic (exact) mass is 257 g/mol. The summed E-state index contributed by atoms with van der Waals surface area (Å²) in [5.41, 5.74) is 2.40. The fourth-order valence-corrected chi connectivity index (χ4v) is 2.03. The van der Waals surface area contributed by atoms with Crippen LogP contribution >= 0.6 is 0 Å². The fraction of sp³-hybridized carbons (Fsp3) is 0.375. The second kappa shape index (κ2) is 6.04. The molecule has 100 valence electrons. The zero-order chi connectivity index (χ0) is 12.9. The molecule has 3 nitrogen and oxygen atoms in total. The molecule has 0 aliphatic heterocycles. The summed E-state index contributed by atoms with van der Waals surface area (Å²) in [6.07, 6.45) is 4.35. The summed E-state index contributed by atoms with van der Waals surface area (Å²) in [7, 11) is 0. The molecule has 0 radical (unpaired) electrons. The number of hydrogen-bond acceptors (Lipinski definition) is 3. The summed E-state index contributed by atoms with van der Waals surface area (Å²) in [6, 6.07) is 12.9. The Labute approximate surface area is 113 Å². The second-order valence-electron chi connectivity index (χ2n) is 5.00. The summed E-state index contributed by atoms with van der Waals surface area (Å²) in [4.78, 5) is 0. The molecule has 19 heavy (non-hydrogen) atoms. The Hall–Kier alpha value is -1.58. The summed E-state index contributed by atoms with van der Waals surface area (Å²) < 4.78 is 11.2. The maximum atomic E-state index is 5.71. The minimum Gasteiger partial charge on any atom is -0.467 e. The zero-order valence-corrected chi connectivity index (χ0v) is 11.0. The van der Waals surface area contributed by atoms with E-state index in [1.165, 1.54) is 24.0 Å². The van der Waals surface area contributed by atoms with Gasteiger partial charge >= 0.3 is 0 Å². The minimum atomic E-state index is 0.531. The van der Waals surface area contributed by atoms with Crippen LogP contribution in [0.25, 0.3) is 0 Å². The first kappa shape index (κ1) is 12.5. The Balaban J connectivity index is 1.47. The van der Waals surface area contributed by atoms with Gasteiger partial charge in [-0.3, -0.25) is 0 Å². The minimum absolute atomic E-state index is 0.531. The van der Waals surface area contributed by atoms with Gasteiger partial charge in [0.25, 0.3) is 0 Å². The molecule has 1 saturated carbocycles. The topological polar surface area (TPSA) is 34.4 Å². The molecular formula is C16H19NO2. The molecule has 1 N–H and O–H groups in total. The molecule has 2 aromatic rings. The summed E-state index contributed by atoms with van der Waals surface area (Å²) in [5.74, 6) is 0.934. The van der Waals surface area contributed by atoms with E-state index < -0.39 is 0 Å². The molecule has 3 heteroatoms. The second-order valence-corrected chi connectivity index (χ2v) is 5.00. The van der Waals surface area contributed by atoms with Gasteiger partial charge in [0.2, 0.25) is 0 Å². The van der Waals surface area contributed by atoms with E-state index in [4.69, 9.17) is 9.15 Å². The predicted octanol–water partition coefficient (Wildman–Crippen LogP) is 3.25. The largest absolute Gasteiger partial charge is 0.467 e. The van der Waals surface area contributed by atoms with Crippen molar-refractivity contribution in [3.63, 3.8) is 0 Å². The van der Waals surface area contributed by atoms with Crippen LogP contribution in [0.3, 0.4) is 0 Å². The highest BCUT2D eigenvalue weighted by Crippen LogP contribution is 2.20. The van der Waals surface area contributed by atoms with E-state index in [9.17, 15) is 0 Å². The third kappa shape index (κ3) is 3.69. The lowest BCUT2D eigenvalue weighted by Gasteiger charge is -2.05. The van der Waals surface area contributed by atoms with Gasteiger partial charge in [0, 0.05) is 18.2 Å². The number of nitrogens with one attached hydrogen (secondary N) is 1. The molecule has 0 unspecified atom stereocenters. The molecule has 0 amide bonds. The van der Waals surface area contributed by atoms with Crippen molar-refractivity contribution in [2.24, 2.45) is 0 Å². The van der Waals surface area contributed by atoms with Gasteiger partial charge in [0.1, 0.15) is 12.4 Å². The van der Waals surface area contributed by atoms with Crippen LogP contribution in [0.4, 0.5) is 0 Å². The lowest BCUT2D eigenvalue weighted by molar-refractivity contribution is 0.0921. The van der Waals surface area contributed by atoms with Crippen molar-refractivity contribution >= 4 is 0 Å². The van der Waals surface area contributed by atoms with Crippen molar-refractivity contribution < 1.29 is 9.15 Å². The predicted molar refractivity (Wildman–Crippen MR) is 73.5 cm³/mol. The van der Waals surface area contributed by atoms with Crippen LogP contribution in [0, 0.1) is 0 Å². The molecule has 0 saturated heterocycles. The van der Waals surface area contributed by atoms with Crippen LogP contribution < -0.4 is 5.32 Å². The van der Waals surface area contributed by atoms with Gasteiger partial charge in [-0.1, -0.05) is 30.3 Å². The molecule has 0 bridgehead atoms. The molecule has 1 aromatic carbocycles. The van der Waals surface area contributed by atoms with E-state index in [0.29, 0.717) is 19.3 Å². The smallest absolute Gasteiger partial charge is 0.133 e. The Morgan fingerprint density at radius 1 is 1.11 bits per heavy atom. The molecule has 1 heterocycles. The maximum absolute atomic E-state index is 5.71. The van der Waals surface area contributed by atoms with Crippen LogP contribution in [0.2, 0.25) is 0 Å². The van der Waals surface area contributed by atoms with Crippen molar-refractivity contribution in [2.75, 3.05) is 0 Å². The Kier molecular flexibility index (Phi) is 3.96.